The topological polar surface area (TPSA) is 15.8 Å². The zero-order valence-electron chi connectivity index (χ0n) is 10.2. The van der Waals surface area contributed by atoms with E-state index in [1.54, 1.807) is 0 Å². The number of piperidine rings is 1. The van der Waals surface area contributed by atoms with Crippen molar-refractivity contribution in [2.24, 2.45) is 0 Å². The Hall–Kier alpha value is -0.0800. The monoisotopic (exact) mass is 197 g/mol. The lowest BCUT2D eigenvalue weighted by atomic mass is 9.85. The second-order valence-electron chi connectivity index (χ2n) is 6.26. The number of ether oxygens (including phenoxy) is 1. The van der Waals surface area contributed by atoms with Crippen LogP contribution in [0.1, 0.15) is 47.5 Å². The van der Waals surface area contributed by atoms with Crippen LogP contribution in [0.25, 0.3) is 0 Å². The first kappa shape index (κ1) is 10.4. The summed E-state index contributed by atoms with van der Waals surface area (Å²) in [6.45, 7) is 13.7. The highest BCUT2D eigenvalue weighted by molar-refractivity contribution is 5.13. The number of hydrogen-bond donors (Lipinski definition) is 0. The van der Waals surface area contributed by atoms with E-state index in [-0.39, 0.29) is 11.2 Å². The molecule has 0 aromatic carbocycles. The molecule has 14 heavy (non-hydrogen) atoms. The summed E-state index contributed by atoms with van der Waals surface area (Å²) in [6, 6.07) is 0. The van der Waals surface area contributed by atoms with E-state index in [1.807, 2.05) is 0 Å². The molecular formula is C12H23NO. The van der Waals surface area contributed by atoms with Gasteiger partial charge in [-0.1, -0.05) is 0 Å². The first-order valence-electron chi connectivity index (χ1n) is 5.72. The van der Waals surface area contributed by atoms with Gasteiger partial charge in [0.05, 0.1) is 11.2 Å². The number of nitrogens with zero attached hydrogens (tertiary/aromatic N) is 1. The molecule has 2 aliphatic rings. The van der Waals surface area contributed by atoms with E-state index in [0.29, 0.717) is 5.54 Å². The zero-order chi connectivity index (χ0) is 10.6. The molecular weight excluding hydrogens is 174 g/mol. The molecule has 2 rings (SSSR count). The standard InChI is InChI=1S/C12H23NO/c1-10(2,3)13-8-6-12(7-9-13)11(4,5)14-12/h6-9H2,1-5H3. The molecule has 1 spiro atoms. The lowest BCUT2D eigenvalue weighted by Crippen LogP contribution is -2.49. The fraction of sp³-hybridized carbons (Fsp3) is 1.00. The minimum absolute atomic E-state index is 0.150. The normalized spacial score (nSPS) is 30.6. The summed E-state index contributed by atoms with van der Waals surface area (Å²) in [7, 11) is 0. The van der Waals surface area contributed by atoms with Crippen molar-refractivity contribution in [3.63, 3.8) is 0 Å². The van der Waals surface area contributed by atoms with Crippen molar-refractivity contribution in [2.45, 2.75) is 64.2 Å². The molecule has 0 amide bonds. The van der Waals surface area contributed by atoms with Gasteiger partial charge >= 0.3 is 0 Å². The molecule has 0 aromatic heterocycles. The van der Waals surface area contributed by atoms with Crippen LogP contribution in [0.4, 0.5) is 0 Å². The molecule has 2 heteroatoms. The van der Waals surface area contributed by atoms with Crippen LogP contribution in [0.2, 0.25) is 0 Å². The van der Waals surface area contributed by atoms with E-state index in [1.165, 1.54) is 25.9 Å². The van der Waals surface area contributed by atoms with Crippen molar-refractivity contribution < 1.29 is 4.74 Å². The Morgan fingerprint density at radius 3 is 1.79 bits per heavy atom. The Morgan fingerprint density at radius 1 is 1.07 bits per heavy atom. The Morgan fingerprint density at radius 2 is 1.50 bits per heavy atom. The molecule has 0 unspecified atom stereocenters. The van der Waals surface area contributed by atoms with Crippen LogP contribution >= 0.6 is 0 Å². The van der Waals surface area contributed by atoms with Gasteiger partial charge < -0.3 is 4.74 Å². The van der Waals surface area contributed by atoms with Crippen molar-refractivity contribution >= 4 is 0 Å². The zero-order valence-corrected chi connectivity index (χ0v) is 10.2. The first-order chi connectivity index (χ1) is 6.27. The van der Waals surface area contributed by atoms with Crippen LogP contribution in [-0.2, 0) is 4.74 Å². The van der Waals surface area contributed by atoms with E-state index in [9.17, 15) is 0 Å². The third kappa shape index (κ3) is 1.49. The summed E-state index contributed by atoms with van der Waals surface area (Å²) >= 11 is 0. The van der Waals surface area contributed by atoms with Gasteiger partial charge in [-0.3, -0.25) is 4.90 Å². The molecule has 0 radical (unpaired) electrons. The summed E-state index contributed by atoms with van der Waals surface area (Å²) in [4.78, 5) is 2.57. The van der Waals surface area contributed by atoms with Gasteiger partial charge in [0.15, 0.2) is 0 Å². The molecule has 0 aliphatic carbocycles. The van der Waals surface area contributed by atoms with Gasteiger partial charge in [0.2, 0.25) is 0 Å². The molecule has 0 bridgehead atoms. The van der Waals surface area contributed by atoms with Gasteiger partial charge in [0.25, 0.3) is 0 Å². The second kappa shape index (κ2) is 2.73. The molecule has 0 aromatic rings. The Kier molecular flexibility index (Phi) is 2.04. The van der Waals surface area contributed by atoms with Crippen LogP contribution in [0.5, 0.6) is 0 Å². The second-order valence-corrected chi connectivity index (χ2v) is 6.26. The van der Waals surface area contributed by atoms with Gasteiger partial charge in [-0.05, 0) is 47.5 Å². The average molecular weight is 197 g/mol. The molecule has 2 saturated heterocycles. The highest BCUT2D eigenvalue weighted by Gasteiger charge is 2.63. The Labute approximate surface area is 87.6 Å². The minimum atomic E-state index is 0.150. The molecule has 2 heterocycles. The maximum Gasteiger partial charge on any atom is 0.0998 e. The Balaban J connectivity index is 1.95. The summed E-state index contributed by atoms with van der Waals surface area (Å²) in [6.07, 6.45) is 2.41. The first-order valence-corrected chi connectivity index (χ1v) is 5.72. The van der Waals surface area contributed by atoms with Crippen LogP contribution < -0.4 is 0 Å². The molecule has 82 valence electrons. The van der Waals surface area contributed by atoms with E-state index >= 15 is 0 Å². The molecule has 2 aliphatic heterocycles. The third-order valence-corrected chi connectivity index (χ3v) is 4.03. The predicted octanol–water partition coefficient (Wildman–Crippen LogP) is 2.43. The van der Waals surface area contributed by atoms with Crippen molar-refractivity contribution in [1.29, 1.82) is 0 Å². The molecule has 2 nitrogen and oxygen atoms in total. The molecule has 0 atom stereocenters. The summed E-state index contributed by atoms with van der Waals surface area (Å²) < 4.78 is 5.87. The van der Waals surface area contributed by atoms with Gasteiger partial charge in [-0.15, -0.1) is 0 Å². The molecule has 2 fully saturated rings. The van der Waals surface area contributed by atoms with E-state index < -0.39 is 0 Å². The van der Waals surface area contributed by atoms with Crippen LogP contribution in [0, 0.1) is 0 Å². The molecule has 0 saturated carbocycles. The highest BCUT2D eigenvalue weighted by Crippen LogP contribution is 2.54. The number of epoxide rings is 1. The maximum atomic E-state index is 5.87. The lowest BCUT2D eigenvalue weighted by Gasteiger charge is -2.40. The predicted molar refractivity (Wildman–Crippen MR) is 58.5 cm³/mol. The number of rotatable bonds is 0. The van der Waals surface area contributed by atoms with Gasteiger partial charge in [0.1, 0.15) is 0 Å². The largest absolute Gasteiger partial charge is 0.363 e. The molecule has 0 N–H and O–H groups in total. The third-order valence-electron chi connectivity index (χ3n) is 4.03. The van der Waals surface area contributed by atoms with Crippen LogP contribution in [0.3, 0.4) is 0 Å². The van der Waals surface area contributed by atoms with Crippen molar-refractivity contribution in [2.75, 3.05) is 13.1 Å². The van der Waals surface area contributed by atoms with Gasteiger partial charge in [0, 0.05) is 18.6 Å². The number of likely N-dealkylation sites (tertiary alicyclic amines) is 1. The van der Waals surface area contributed by atoms with E-state index in [2.05, 4.69) is 39.5 Å². The Bertz CT molecular complexity index is 231. The quantitative estimate of drug-likeness (QED) is 0.554. The van der Waals surface area contributed by atoms with Crippen LogP contribution in [-0.4, -0.2) is 34.7 Å². The summed E-state index contributed by atoms with van der Waals surface area (Å²) in [5.74, 6) is 0. The van der Waals surface area contributed by atoms with Gasteiger partial charge in [-0.25, -0.2) is 0 Å². The minimum Gasteiger partial charge on any atom is -0.363 e. The number of hydrogen-bond acceptors (Lipinski definition) is 2. The fourth-order valence-electron chi connectivity index (χ4n) is 2.71. The SMILES string of the molecule is CC(C)(C)N1CCC2(CC1)OC2(C)C. The highest BCUT2D eigenvalue weighted by atomic mass is 16.6. The van der Waals surface area contributed by atoms with E-state index in [0.717, 1.165) is 0 Å². The lowest BCUT2D eigenvalue weighted by molar-refractivity contribution is 0.0723. The summed E-state index contributed by atoms with van der Waals surface area (Å²) in [5, 5.41) is 0. The van der Waals surface area contributed by atoms with Gasteiger partial charge in [-0.2, -0.15) is 0 Å². The van der Waals surface area contributed by atoms with Crippen molar-refractivity contribution in [1.82, 2.24) is 4.90 Å². The maximum absolute atomic E-state index is 5.87. The smallest absolute Gasteiger partial charge is 0.0998 e. The van der Waals surface area contributed by atoms with E-state index in [4.69, 9.17) is 4.74 Å². The summed E-state index contributed by atoms with van der Waals surface area (Å²) in [5.41, 5.74) is 0.701. The fourth-order valence-corrected chi connectivity index (χ4v) is 2.71. The average Bonchev–Trinajstić information content (AvgIpc) is 2.51. The van der Waals surface area contributed by atoms with Crippen LogP contribution in [0.15, 0.2) is 0 Å². The van der Waals surface area contributed by atoms with Crippen molar-refractivity contribution in [3.05, 3.63) is 0 Å². The van der Waals surface area contributed by atoms with Crippen molar-refractivity contribution in [3.8, 4) is 0 Å².